The molecule has 4 rings (SSSR count). The largest absolute Gasteiger partial charge is 0.350 e. The highest BCUT2D eigenvalue weighted by molar-refractivity contribution is 6.08. The third-order valence-corrected chi connectivity index (χ3v) is 4.15. The van der Waals surface area contributed by atoms with Crippen LogP contribution in [0, 0.1) is 6.92 Å². The first kappa shape index (κ1) is 14.3. The molecule has 0 spiro atoms. The molecule has 0 bridgehead atoms. The van der Waals surface area contributed by atoms with Crippen molar-refractivity contribution in [2.24, 2.45) is 0 Å². The Morgan fingerprint density at radius 1 is 1.08 bits per heavy atom. The molecule has 0 unspecified atom stereocenters. The van der Waals surface area contributed by atoms with Gasteiger partial charge in [0.1, 0.15) is 5.69 Å². The van der Waals surface area contributed by atoms with Gasteiger partial charge in [-0.15, -0.1) is 0 Å². The molecule has 0 saturated heterocycles. The molecule has 24 heavy (non-hydrogen) atoms. The Morgan fingerprint density at radius 2 is 1.92 bits per heavy atom. The number of aryl methyl sites for hydroxylation is 1. The van der Waals surface area contributed by atoms with Crippen LogP contribution >= 0.6 is 0 Å². The van der Waals surface area contributed by atoms with Gasteiger partial charge in [0.2, 0.25) is 0 Å². The lowest BCUT2D eigenvalue weighted by atomic mass is 10.0. The lowest BCUT2D eigenvalue weighted by Gasteiger charge is -2.02. The molecule has 0 aliphatic heterocycles. The summed E-state index contributed by atoms with van der Waals surface area (Å²) < 4.78 is 0. The van der Waals surface area contributed by atoms with Crippen LogP contribution in [0.15, 0.2) is 60.9 Å². The average Bonchev–Trinajstić information content (AvgIpc) is 3.23. The number of carbonyl (C=O) groups excluding carboxylic acids is 1. The maximum absolute atomic E-state index is 12.5. The van der Waals surface area contributed by atoms with Gasteiger partial charge in [0.05, 0.1) is 11.9 Å². The second kappa shape index (κ2) is 5.70. The van der Waals surface area contributed by atoms with Crippen molar-refractivity contribution in [3.05, 3.63) is 72.2 Å². The topological polar surface area (TPSA) is 73.6 Å². The van der Waals surface area contributed by atoms with Crippen LogP contribution in [0.2, 0.25) is 0 Å². The van der Waals surface area contributed by atoms with E-state index in [4.69, 9.17) is 0 Å². The minimum atomic E-state index is -0.175. The standard InChI is InChI=1S/C19H16N4O/c1-12-16-9-14(13-5-3-2-4-6-13)7-8-17(16)23-18(12)19(24)22-15-10-20-21-11-15/h2-11,23H,1H3,(H,20,21)(H,22,24). The van der Waals surface area contributed by atoms with E-state index in [9.17, 15) is 4.79 Å². The van der Waals surface area contributed by atoms with Crippen molar-refractivity contribution in [3.63, 3.8) is 0 Å². The predicted octanol–water partition coefficient (Wildman–Crippen LogP) is 4.12. The van der Waals surface area contributed by atoms with Gasteiger partial charge >= 0.3 is 0 Å². The normalized spacial score (nSPS) is 10.9. The highest BCUT2D eigenvalue weighted by atomic mass is 16.1. The summed E-state index contributed by atoms with van der Waals surface area (Å²) in [7, 11) is 0. The van der Waals surface area contributed by atoms with Crippen molar-refractivity contribution in [1.29, 1.82) is 0 Å². The first-order valence-corrected chi connectivity index (χ1v) is 7.70. The van der Waals surface area contributed by atoms with Crippen molar-refractivity contribution in [3.8, 4) is 11.1 Å². The zero-order valence-corrected chi connectivity index (χ0v) is 13.1. The van der Waals surface area contributed by atoms with Gasteiger partial charge in [0, 0.05) is 17.1 Å². The van der Waals surface area contributed by atoms with Gasteiger partial charge in [0.15, 0.2) is 0 Å². The Hall–Kier alpha value is -3.34. The highest BCUT2D eigenvalue weighted by Crippen LogP contribution is 2.28. The second-order valence-electron chi connectivity index (χ2n) is 5.69. The average molecular weight is 316 g/mol. The fraction of sp³-hybridized carbons (Fsp3) is 0.0526. The molecular weight excluding hydrogens is 300 g/mol. The number of hydrogen-bond donors (Lipinski definition) is 3. The zero-order chi connectivity index (χ0) is 16.5. The monoisotopic (exact) mass is 316 g/mol. The molecule has 4 aromatic rings. The van der Waals surface area contributed by atoms with Gasteiger partial charge in [-0.1, -0.05) is 36.4 Å². The molecule has 1 amide bonds. The highest BCUT2D eigenvalue weighted by Gasteiger charge is 2.15. The second-order valence-corrected chi connectivity index (χ2v) is 5.69. The quantitative estimate of drug-likeness (QED) is 0.532. The molecule has 0 atom stereocenters. The third-order valence-electron chi connectivity index (χ3n) is 4.15. The van der Waals surface area contributed by atoms with Crippen molar-refractivity contribution in [2.45, 2.75) is 6.92 Å². The van der Waals surface area contributed by atoms with E-state index in [0.717, 1.165) is 27.6 Å². The molecule has 0 saturated carbocycles. The number of nitrogens with one attached hydrogen (secondary N) is 3. The van der Waals surface area contributed by atoms with E-state index in [-0.39, 0.29) is 5.91 Å². The van der Waals surface area contributed by atoms with E-state index < -0.39 is 0 Å². The van der Waals surface area contributed by atoms with E-state index in [1.165, 1.54) is 0 Å². The maximum Gasteiger partial charge on any atom is 0.272 e. The summed E-state index contributed by atoms with van der Waals surface area (Å²) in [6.45, 7) is 1.96. The van der Waals surface area contributed by atoms with E-state index in [1.54, 1.807) is 12.4 Å². The Morgan fingerprint density at radius 3 is 2.67 bits per heavy atom. The van der Waals surface area contributed by atoms with Crippen molar-refractivity contribution >= 4 is 22.5 Å². The predicted molar refractivity (Wildman–Crippen MR) is 95.0 cm³/mol. The number of aromatic nitrogens is 3. The van der Waals surface area contributed by atoms with Gasteiger partial charge in [-0.2, -0.15) is 5.10 Å². The van der Waals surface area contributed by atoms with Gasteiger partial charge in [-0.25, -0.2) is 0 Å². The van der Waals surface area contributed by atoms with Crippen LogP contribution in [-0.2, 0) is 0 Å². The van der Waals surface area contributed by atoms with E-state index in [1.807, 2.05) is 31.2 Å². The first-order chi connectivity index (χ1) is 11.7. The van der Waals surface area contributed by atoms with Crippen LogP contribution in [0.25, 0.3) is 22.0 Å². The van der Waals surface area contributed by atoms with Gasteiger partial charge in [-0.05, 0) is 35.7 Å². The molecule has 2 heterocycles. The summed E-state index contributed by atoms with van der Waals surface area (Å²) >= 11 is 0. The Labute approximate surface area is 138 Å². The number of carbonyl (C=O) groups is 1. The van der Waals surface area contributed by atoms with Gasteiger partial charge in [-0.3, -0.25) is 9.89 Å². The summed E-state index contributed by atoms with van der Waals surface area (Å²) in [5.74, 6) is -0.175. The zero-order valence-electron chi connectivity index (χ0n) is 13.1. The van der Waals surface area contributed by atoms with Crippen LogP contribution < -0.4 is 5.32 Å². The number of aromatic amines is 2. The lowest BCUT2D eigenvalue weighted by Crippen LogP contribution is -2.12. The van der Waals surface area contributed by atoms with Crippen molar-refractivity contribution < 1.29 is 4.79 Å². The minimum absolute atomic E-state index is 0.175. The Bertz CT molecular complexity index is 1000. The molecule has 0 fully saturated rings. The number of hydrogen-bond acceptors (Lipinski definition) is 2. The summed E-state index contributed by atoms with van der Waals surface area (Å²) in [6.07, 6.45) is 3.22. The summed E-state index contributed by atoms with van der Waals surface area (Å²) in [5, 5.41) is 10.4. The minimum Gasteiger partial charge on any atom is -0.350 e. The first-order valence-electron chi connectivity index (χ1n) is 7.70. The number of amides is 1. The molecule has 5 heteroatoms. The van der Waals surface area contributed by atoms with Crippen LogP contribution in [0.5, 0.6) is 0 Å². The smallest absolute Gasteiger partial charge is 0.272 e. The molecular formula is C19H16N4O. The molecule has 0 aliphatic carbocycles. The molecule has 2 aromatic carbocycles. The van der Waals surface area contributed by atoms with Gasteiger partial charge in [0.25, 0.3) is 5.91 Å². The number of fused-ring (bicyclic) bond motifs is 1. The number of H-pyrrole nitrogens is 2. The van der Waals surface area contributed by atoms with Crippen LogP contribution in [0.1, 0.15) is 16.1 Å². The molecule has 5 nitrogen and oxygen atoms in total. The Balaban J connectivity index is 1.73. The van der Waals surface area contributed by atoms with Crippen LogP contribution in [0.4, 0.5) is 5.69 Å². The number of anilines is 1. The number of benzene rings is 2. The number of nitrogens with zero attached hydrogens (tertiary/aromatic N) is 1. The fourth-order valence-electron chi connectivity index (χ4n) is 2.88. The van der Waals surface area contributed by atoms with Crippen molar-refractivity contribution in [1.82, 2.24) is 15.2 Å². The summed E-state index contributed by atoms with van der Waals surface area (Å²) in [4.78, 5) is 15.7. The van der Waals surface area contributed by atoms with Crippen molar-refractivity contribution in [2.75, 3.05) is 5.32 Å². The molecule has 2 aromatic heterocycles. The van der Waals surface area contributed by atoms with E-state index >= 15 is 0 Å². The van der Waals surface area contributed by atoms with E-state index in [2.05, 4.69) is 44.8 Å². The fourth-order valence-corrected chi connectivity index (χ4v) is 2.88. The van der Waals surface area contributed by atoms with Gasteiger partial charge < -0.3 is 10.3 Å². The Kier molecular flexibility index (Phi) is 3.39. The summed E-state index contributed by atoms with van der Waals surface area (Å²) in [5.41, 5.74) is 5.38. The third kappa shape index (κ3) is 2.46. The summed E-state index contributed by atoms with van der Waals surface area (Å²) in [6, 6.07) is 16.4. The lowest BCUT2D eigenvalue weighted by molar-refractivity contribution is 0.102. The number of rotatable bonds is 3. The van der Waals surface area contributed by atoms with Crippen LogP contribution in [-0.4, -0.2) is 21.1 Å². The maximum atomic E-state index is 12.5. The molecule has 0 aliphatic rings. The van der Waals surface area contributed by atoms with Crippen LogP contribution in [0.3, 0.4) is 0 Å². The van der Waals surface area contributed by atoms with E-state index in [0.29, 0.717) is 11.4 Å². The molecule has 0 radical (unpaired) electrons. The molecule has 3 N–H and O–H groups in total. The molecule has 118 valence electrons. The SMILES string of the molecule is Cc1c(C(=O)Nc2cn[nH]c2)[nH]c2ccc(-c3ccccc3)cc12.